The molecule has 1 aliphatic rings. The van der Waals surface area contributed by atoms with Crippen molar-refractivity contribution < 1.29 is 37.8 Å². The van der Waals surface area contributed by atoms with E-state index in [1.807, 2.05) is 48.6 Å². The molecule has 5 heteroatoms. The van der Waals surface area contributed by atoms with Gasteiger partial charge in [-0.05, 0) is 41.8 Å². The van der Waals surface area contributed by atoms with Crippen LogP contribution in [0.3, 0.4) is 0 Å². The predicted molar refractivity (Wildman–Crippen MR) is 148 cm³/mol. The van der Waals surface area contributed by atoms with E-state index in [9.17, 15) is 5.11 Å². The van der Waals surface area contributed by atoms with Gasteiger partial charge in [0.25, 0.3) is 0 Å². The fraction of sp³-hybridized carbons (Fsp3) is 0.0667. The van der Waals surface area contributed by atoms with E-state index in [4.69, 9.17) is 0 Å². The number of aromatic nitrogens is 1. The third kappa shape index (κ3) is 5.20. The molecule has 2 aromatic heterocycles. The van der Waals surface area contributed by atoms with Crippen LogP contribution < -0.4 is 0 Å². The molecule has 5 aromatic rings. The maximum atomic E-state index is 10.1. The Labute approximate surface area is 234 Å². The van der Waals surface area contributed by atoms with Crippen molar-refractivity contribution in [2.24, 2.45) is 0 Å². The zero-order valence-electron chi connectivity index (χ0n) is 19.5. The second-order valence-corrected chi connectivity index (χ2v) is 9.17. The molecule has 35 heavy (non-hydrogen) atoms. The monoisotopic (exact) mass is 550 g/mol. The Bertz CT molecular complexity index is 1600. The van der Waals surface area contributed by atoms with Crippen molar-refractivity contribution in [1.29, 1.82) is 0 Å². The van der Waals surface area contributed by atoms with Crippen molar-refractivity contribution in [2.75, 3.05) is 7.05 Å². The molecule has 3 aromatic carbocycles. The standard InChI is InChI=1S/C17H15N.C13H10NOS.Y/c1-13-7-3-2-4-8-15-14-9-5-6-10-16(14)18-17(15)12-11-13;1-14-9-6-7-11-12(13(9)15)8-4-2-3-5-10(8)16-11;/h2-7,9-12,18H,1,8H2;2-7,15H,1H3;/q;-1;/b4-2-,7-3-,12-11-;;. The molecule has 0 bridgehead atoms. The van der Waals surface area contributed by atoms with Crippen LogP contribution in [0.25, 0.3) is 42.5 Å². The summed E-state index contributed by atoms with van der Waals surface area (Å²) in [7, 11) is 1.69. The van der Waals surface area contributed by atoms with E-state index in [1.54, 1.807) is 18.4 Å². The number of fused-ring (bicyclic) bond motifs is 6. The van der Waals surface area contributed by atoms with Crippen LogP contribution in [0.1, 0.15) is 11.3 Å². The van der Waals surface area contributed by atoms with Crippen molar-refractivity contribution in [2.45, 2.75) is 6.42 Å². The SMILES string of the molecule is C=C1/C=C\C=C/Cc2c([nH]c3ccccc23)/C=C\1.C[N-]c1ccc2sc3ccccc3c2c1O.[Y]. The van der Waals surface area contributed by atoms with E-state index < -0.39 is 0 Å². The molecule has 1 aliphatic carbocycles. The van der Waals surface area contributed by atoms with E-state index in [-0.39, 0.29) is 38.5 Å². The molecular formula is C30H25N2OSY-. The fourth-order valence-corrected chi connectivity index (χ4v) is 5.35. The molecule has 0 saturated heterocycles. The van der Waals surface area contributed by atoms with Gasteiger partial charge in [0, 0.05) is 69.5 Å². The number of thiophene rings is 1. The molecule has 0 aliphatic heterocycles. The minimum absolute atomic E-state index is 0. The number of para-hydroxylation sites is 1. The van der Waals surface area contributed by atoms with Gasteiger partial charge in [0.1, 0.15) is 5.75 Å². The van der Waals surface area contributed by atoms with Crippen molar-refractivity contribution in [1.82, 2.24) is 4.98 Å². The number of aromatic amines is 1. The van der Waals surface area contributed by atoms with Gasteiger partial charge < -0.3 is 15.4 Å². The number of aromatic hydroxyl groups is 1. The number of allylic oxidation sites excluding steroid dienone is 6. The largest absolute Gasteiger partial charge is 0.684 e. The summed E-state index contributed by atoms with van der Waals surface area (Å²) in [4.78, 5) is 3.47. The summed E-state index contributed by atoms with van der Waals surface area (Å²) >= 11 is 1.69. The van der Waals surface area contributed by atoms with Gasteiger partial charge >= 0.3 is 0 Å². The molecule has 2 N–H and O–H groups in total. The minimum atomic E-state index is 0. The Hall–Kier alpha value is -2.92. The molecule has 0 atom stereocenters. The van der Waals surface area contributed by atoms with Crippen LogP contribution in [0.2, 0.25) is 0 Å². The van der Waals surface area contributed by atoms with Crippen LogP contribution in [-0.4, -0.2) is 17.1 Å². The molecule has 0 spiro atoms. The summed E-state index contributed by atoms with van der Waals surface area (Å²) in [5.41, 5.74) is 5.37. The zero-order valence-corrected chi connectivity index (χ0v) is 23.2. The number of hydrogen-bond acceptors (Lipinski definition) is 2. The van der Waals surface area contributed by atoms with Crippen LogP contribution >= 0.6 is 11.3 Å². The van der Waals surface area contributed by atoms with Crippen LogP contribution in [-0.2, 0) is 39.1 Å². The summed E-state index contributed by atoms with van der Waals surface area (Å²) in [5, 5.41) is 17.5. The summed E-state index contributed by atoms with van der Waals surface area (Å²) in [5.74, 6) is 0.289. The predicted octanol–water partition coefficient (Wildman–Crippen LogP) is 8.80. The van der Waals surface area contributed by atoms with E-state index in [0.717, 1.165) is 27.5 Å². The number of hydrogen-bond donors (Lipinski definition) is 2. The molecule has 3 nitrogen and oxygen atoms in total. The van der Waals surface area contributed by atoms with E-state index >= 15 is 0 Å². The first kappa shape index (κ1) is 25.2. The summed E-state index contributed by atoms with van der Waals surface area (Å²) in [6.45, 7) is 3.99. The smallest absolute Gasteiger partial charge is 0.110 e. The first-order valence-corrected chi connectivity index (χ1v) is 12.0. The van der Waals surface area contributed by atoms with Crippen LogP contribution in [0, 0.1) is 0 Å². The van der Waals surface area contributed by atoms with Gasteiger partial charge in [0.05, 0.1) is 0 Å². The zero-order chi connectivity index (χ0) is 23.5. The Morgan fingerprint density at radius 3 is 2.49 bits per heavy atom. The van der Waals surface area contributed by atoms with Gasteiger partial charge in [-0.15, -0.1) is 18.4 Å². The number of phenolic OH excluding ortho intramolecular Hbond substituents is 1. The van der Waals surface area contributed by atoms with Gasteiger partial charge in [0.15, 0.2) is 0 Å². The summed E-state index contributed by atoms with van der Waals surface area (Å²) in [6, 6.07) is 20.4. The number of rotatable bonds is 1. The summed E-state index contributed by atoms with van der Waals surface area (Å²) < 4.78 is 2.30. The summed E-state index contributed by atoms with van der Waals surface area (Å²) in [6.07, 6.45) is 13.4. The van der Waals surface area contributed by atoms with E-state index in [2.05, 4.69) is 65.4 Å². The second-order valence-electron chi connectivity index (χ2n) is 8.09. The Kier molecular flexibility index (Phi) is 8.07. The van der Waals surface area contributed by atoms with Crippen molar-refractivity contribution in [3.05, 3.63) is 120 Å². The first-order chi connectivity index (χ1) is 16.7. The van der Waals surface area contributed by atoms with Crippen LogP contribution in [0.4, 0.5) is 5.69 Å². The quantitative estimate of drug-likeness (QED) is 0.215. The number of benzene rings is 3. The van der Waals surface area contributed by atoms with Gasteiger partial charge in [0.2, 0.25) is 0 Å². The molecule has 0 unspecified atom stereocenters. The number of phenols is 1. The third-order valence-corrected chi connectivity index (χ3v) is 7.06. The molecule has 171 valence electrons. The first-order valence-electron chi connectivity index (χ1n) is 11.2. The molecule has 6 rings (SSSR count). The van der Waals surface area contributed by atoms with E-state index in [1.165, 1.54) is 26.9 Å². The van der Waals surface area contributed by atoms with Gasteiger partial charge in [-0.25, -0.2) is 0 Å². The fourth-order valence-electron chi connectivity index (χ4n) is 4.24. The number of nitrogens with one attached hydrogen (secondary N) is 1. The normalized spacial score (nSPS) is 15.5. The average Bonchev–Trinajstić information content (AvgIpc) is 3.42. The minimum Gasteiger partial charge on any atom is -0.684 e. The van der Waals surface area contributed by atoms with Gasteiger partial charge in [-0.2, -0.15) is 0 Å². The molecular weight excluding hydrogens is 525 g/mol. The maximum Gasteiger partial charge on any atom is 0.110 e. The topological polar surface area (TPSA) is 50.1 Å². The van der Waals surface area contributed by atoms with E-state index in [0.29, 0.717) is 5.69 Å². The van der Waals surface area contributed by atoms with Crippen molar-refractivity contribution >= 4 is 54.2 Å². The molecule has 0 fully saturated rings. The van der Waals surface area contributed by atoms with Crippen molar-refractivity contribution in [3.8, 4) is 5.75 Å². The van der Waals surface area contributed by atoms with Gasteiger partial charge in [-0.3, -0.25) is 0 Å². The van der Waals surface area contributed by atoms with Crippen molar-refractivity contribution in [3.63, 3.8) is 0 Å². The molecule has 0 saturated carbocycles. The Morgan fingerprint density at radius 1 is 0.886 bits per heavy atom. The van der Waals surface area contributed by atoms with Crippen LogP contribution in [0.5, 0.6) is 5.75 Å². The average molecular weight is 551 g/mol. The maximum absolute atomic E-state index is 10.1. The second kappa shape index (κ2) is 11.2. The number of nitrogens with zero attached hydrogens (tertiary/aromatic N) is 1. The Morgan fingerprint density at radius 2 is 1.66 bits per heavy atom. The molecule has 2 heterocycles. The number of H-pyrrole nitrogens is 1. The third-order valence-electron chi connectivity index (χ3n) is 5.93. The molecule has 0 amide bonds. The molecule has 1 radical (unpaired) electrons. The van der Waals surface area contributed by atoms with Gasteiger partial charge in [-0.1, -0.05) is 85.1 Å². The Balaban J connectivity index is 0.000000161. The van der Waals surface area contributed by atoms with Crippen LogP contribution in [0.15, 0.2) is 103 Å².